The smallest absolute Gasteiger partial charge is 0.346 e. The standard InChI is InChI=1S/C27H26F3N5O2/c1-4-34(22-12-14-32-24-21(22)11-13-31-24)26(37)35(5-2)23-16-20(10-9-17(23)3)33-25(36)18-7-6-8-19(15-18)27(28,29)30/h6-16H,4-5H2,1-3H3,(H,31,32)(H,33,36). The topological polar surface area (TPSA) is 81.3 Å². The lowest BCUT2D eigenvalue weighted by Crippen LogP contribution is -2.44. The van der Waals surface area contributed by atoms with E-state index in [0.29, 0.717) is 35.8 Å². The van der Waals surface area contributed by atoms with E-state index in [4.69, 9.17) is 0 Å². The van der Waals surface area contributed by atoms with E-state index < -0.39 is 17.6 Å². The lowest BCUT2D eigenvalue weighted by atomic mass is 10.1. The molecule has 2 N–H and O–H groups in total. The maximum absolute atomic E-state index is 13.7. The molecule has 37 heavy (non-hydrogen) atoms. The molecule has 0 radical (unpaired) electrons. The number of rotatable bonds is 6. The molecule has 4 rings (SSSR count). The molecule has 0 bridgehead atoms. The van der Waals surface area contributed by atoms with Crippen molar-refractivity contribution < 1.29 is 22.8 Å². The van der Waals surface area contributed by atoms with E-state index >= 15 is 0 Å². The number of H-pyrrole nitrogens is 1. The van der Waals surface area contributed by atoms with Gasteiger partial charge in [-0.05, 0) is 68.8 Å². The zero-order chi connectivity index (χ0) is 26.7. The Labute approximate surface area is 211 Å². The molecule has 2 aromatic carbocycles. The minimum absolute atomic E-state index is 0.120. The third kappa shape index (κ3) is 5.28. The summed E-state index contributed by atoms with van der Waals surface area (Å²) in [6.45, 7) is 6.32. The quantitative estimate of drug-likeness (QED) is 0.307. The van der Waals surface area contributed by atoms with Gasteiger partial charge >= 0.3 is 12.2 Å². The SMILES string of the molecule is CCN(C(=O)N(CC)c1ccnc2[nH]ccc12)c1cc(NC(=O)c2cccc(C(F)(F)F)c2)ccc1C. The van der Waals surface area contributed by atoms with Crippen LogP contribution in [0, 0.1) is 6.92 Å². The van der Waals surface area contributed by atoms with Gasteiger partial charge in [0.15, 0.2) is 0 Å². The number of aryl methyl sites for hydroxylation is 1. The Kier molecular flexibility index (Phi) is 7.19. The van der Waals surface area contributed by atoms with Crippen LogP contribution in [-0.2, 0) is 6.18 Å². The fraction of sp³-hybridized carbons (Fsp3) is 0.222. The van der Waals surface area contributed by atoms with Crippen LogP contribution in [0.5, 0.6) is 0 Å². The van der Waals surface area contributed by atoms with Gasteiger partial charge in [0.05, 0.1) is 16.9 Å². The van der Waals surface area contributed by atoms with Crippen molar-refractivity contribution in [3.8, 4) is 0 Å². The van der Waals surface area contributed by atoms with Gasteiger partial charge in [-0.2, -0.15) is 13.2 Å². The highest BCUT2D eigenvalue weighted by Crippen LogP contribution is 2.31. The number of urea groups is 1. The predicted octanol–water partition coefficient (Wildman–Crippen LogP) is 6.62. The Morgan fingerprint density at radius 3 is 2.41 bits per heavy atom. The number of anilines is 3. The van der Waals surface area contributed by atoms with Gasteiger partial charge < -0.3 is 10.3 Å². The lowest BCUT2D eigenvalue weighted by Gasteiger charge is -2.31. The molecule has 0 aliphatic rings. The monoisotopic (exact) mass is 509 g/mol. The molecule has 3 amide bonds. The number of alkyl halides is 3. The van der Waals surface area contributed by atoms with E-state index in [9.17, 15) is 22.8 Å². The number of halogens is 3. The molecule has 0 atom stereocenters. The van der Waals surface area contributed by atoms with E-state index in [1.165, 1.54) is 12.1 Å². The Bertz CT molecular complexity index is 1450. The van der Waals surface area contributed by atoms with Crippen LogP contribution in [0.25, 0.3) is 11.0 Å². The molecule has 192 valence electrons. The number of nitrogens with one attached hydrogen (secondary N) is 2. The number of nitrogens with zero attached hydrogens (tertiary/aromatic N) is 3. The highest BCUT2D eigenvalue weighted by Gasteiger charge is 2.31. The summed E-state index contributed by atoms with van der Waals surface area (Å²) >= 11 is 0. The van der Waals surface area contributed by atoms with Gasteiger partial charge in [-0.15, -0.1) is 0 Å². The molecular weight excluding hydrogens is 483 g/mol. The van der Waals surface area contributed by atoms with Crippen LogP contribution >= 0.6 is 0 Å². The summed E-state index contributed by atoms with van der Waals surface area (Å²) in [5.41, 5.74) is 2.09. The Balaban J connectivity index is 1.62. The summed E-state index contributed by atoms with van der Waals surface area (Å²) in [5, 5.41) is 3.46. The van der Waals surface area contributed by atoms with E-state index in [1.807, 2.05) is 26.8 Å². The van der Waals surface area contributed by atoms with Gasteiger partial charge in [-0.3, -0.25) is 14.6 Å². The number of benzene rings is 2. The lowest BCUT2D eigenvalue weighted by molar-refractivity contribution is -0.137. The number of fused-ring (bicyclic) bond motifs is 1. The Hall–Kier alpha value is -4.34. The second-order valence-corrected chi connectivity index (χ2v) is 8.38. The number of hydrogen-bond donors (Lipinski definition) is 2. The summed E-state index contributed by atoms with van der Waals surface area (Å²) in [6, 6.07) is 12.6. The first-order valence-electron chi connectivity index (χ1n) is 11.7. The molecule has 2 aromatic heterocycles. The van der Waals surface area contributed by atoms with E-state index in [-0.39, 0.29) is 11.6 Å². The predicted molar refractivity (Wildman–Crippen MR) is 138 cm³/mol. The average molecular weight is 510 g/mol. The van der Waals surface area contributed by atoms with Gasteiger partial charge in [0.25, 0.3) is 5.91 Å². The van der Waals surface area contributed by atoms with Crippen molar-refractivity contribution in [3.05, 3.63) is 83.7 Å². The Morgan fingerprint density at radius 1 is 0.973 bits per heavy atom. The van der Waals surface area contributed by atoms with Crippen LogP contribution in [0.3, 0.4) is 0 Å². The average Bonchev–Trinajstić information content (AvgIpc) is 3.36. The second kappa shape index (κ2) is 10.3. The fourth-order valence-electron chi connectivity index (χ4n) is 4.16. The molecule has 7 nitrogen and oxygen atoms in total. The molecule has 0 spiro atoms. The van der Waals surface area contributed by atoms with Gasteiger partial charge in [0, 0.05) is 42.1 Å². The van der Waals surface area contributed by atoms with Crippen LogP contribution in [0.1, 0.15) is 35.3 Å². The molecule has 0 fully saturated rings. The molecule has 0 saturated heterocycles. The van der Waals surface area contributed by atoms with Crippen molar-refractivity contribution in [3.63, 3.8) is 0 Å². The van der Waals surface area contributed by atoms with Gasteiger partial charge in [0.2, 0.25) is 0 Å². The van der Waals surface area contributed by atoms with Crippen LogP contribution in [0.2, 0.25) is 0 Å². The number of hydrogen-bond acceptors (Lipinski definition) is 3. The normalized spacial score (nSPS) is 11.4. The van der Waals surface area contributed by atoms with Crippen molar-refractivity contribution >= 4 is 40.0 Å². The highest BCUT2D eigenvalue weighted by atomic mass is 19.4. The van der Waals surface area contributed by atoms with E-state index in [1.54, 1.807) is 46.5 Å². The van der Waals surface area contributed by atoms with Gasteiger partial charge in [0.1, 0.15) is 5.65 Å². The maximum atomic E-state index is 13.7. The first kappa shape index (κ1) is 25.7. The number of pyridine rings is 1. The molecule has 2 heterocycles. The van der Waals surface area contributed by atoms with Crippen LogP contribution in [0.15, 0.2) is 67.0 Å². The van der Waals surface area contributed by atoms with Gasteiger partial charge in [-0.25, -0.2) is 9.78 Å². The molecular formula is C27H26F3N5O2. The molecule has 0 aliphatic carbocycles. The van der Waals surface area contributed by atoms with E-state index in [0.717, 1.165) is 23.1 Å². The minimum Gasteiger partial charge on any atom is -0.346 e. The number of amides is 3. The summed E-state index contributed by atoms with van der Waals surface area (Å²) < 4.78 is 39.2. The largest absolute Gasteiger partial charge is 0.416 e. The van der Waals surface area contributed by atoms with Crippen molar-refractivity contribution in [1.29, 1.82) is 0 Å². The van der Waals surface area contributed by atoms with Crippen molar-refractivity contribution in [1.82, 2.24) is 9.97 Å². The minimum atomic E-state index is -4.55. The van der Waals surface area contributed by atoms with E-state index in [2.05, 4.69) is 15.3 Å². The summed E-state index contributed by atoms with van der Waals surface area (Å²) in [5.74, 6) is -0.683. The number of aromatic nitrogens is 2. The maximum Gasteiger partial charge on any atom is 0.416 e. The van der Waals surface area contributed by atoms with Crippen LogP contribution < -0.4 is 15.1 Å². The number of aromatic amines is 1. The zero-order valence-electron chi connectivity index (χ0n) is 20.6. The molecule has 10 heteroatoms. The van der Waals surface area contributed by atoms with Crippen molar-refractivity contribution in [2.45, 2.75) is 26.9 Å². The number of carbonyl (C=O) groups excluding carboxylic acids is 2. The van der Waals surface area contributed by atoms with Crippen molar-refractivity contribution in [2.75, 3.05) is 28.2 Å². The summed E-state index contributed by atoms with van der Waals surface area (Å²) in [7, 11) is 0. The number of carbonyl (C=O) groups is 2. The summed E-state index contributed by atoms with van der Waals surface area (Å²) in [4.78, 5) is 37.0. The first-order valence-corrected chi connectivity index (χ1v) is 11.7. The fourth-order valence-corrected chi connectivity index (χ4v) is 4.16. The highest BCUT2D eigenvalue weighted by molar-refractivity contribution is 6.09. The second-order valence-electron chi connectivity index (χ2n) is 8.38. The molecule has 0 aliphatic heterocycles. The van der Waals surface area contributed by atoms with Crippen LogP contribution in [0.4, 0.5) is 35.0 Å². The zero-order valence-corrected chi connectivity index (χ0v) is 20.6. The third-order valence-electron chi connectivity index (χ3n) is 6.03. The molecule has 0 unspecified atom stereocenters. The van der Waals surface area contributed by atoms with Gasteiger partial charge in [-0.1, -0.05) is 12.1 Å². The summed E-state index contributed by atoms with van der Waals surface area (Å²) in [6.07, 6.45) is -1.16. The van der Waals surface area contributed by atoms with Crippen LogP contribution in [-0.4, -0.2) is 35.0 Å². The first-order chi connectivity index (χ1) is 17.6. The molecule has 0 saturated carbocycles. The molecule has 4 aromatic rings. The van der Waals surface area contributed by atoms with Crippen molar-refractivity contribution in [2.24, 2.45) is 0 Å². The third-order valence-corrected chi connectivity index (χ3v) is 6.03. The Morgan fingerprint density at radius 2 is 1.70 bits per heavy atom.